The van der Waals surface area contributed by atoms with Crippen molar-refractivity contribution < 1.29 is 0 Å². The van der Waals surface area contributed by atoms with E-state index in [0.717, 1.165) is 24.1 Å². The van der Waals surface area contributed by atoms with E-state index < -0.39 is 5.41 Å². The Hall–Kier alpha value is -2.21. The second kappa shape index (κ2) is 3.67. The largest absolute Gasteiger partial charge is 0.240 e. The van der Waals surface area contributed by atoms with E-state index in [1.807, 2.05) is 36.4 Å². The number of benzene rings is 1. The maximum Gasteiger partial charge on any atom is 0.149 e. The van der Waals surface area contributed by atoms with Crippen LogP contribution in [0.3, 0.4) is 0 Å². The van der Waals surface area contributed by atoms with Crippen molar-refractivity contribution >= 4 is 0 Å². The van der Waals surface area contributed by atoms with Gasteiger partial charge in [0.2, 0.25) is 0 Å². The fourth-order valence-electron chi connectivity index (χ4n) is 1.87. The van der Waals surface area contributed by atoms with Gasteiger partial charge in [0.25, 0.3) is 0 Å². The molecule has 0 atom stereocenters. The minimum absolute atomic E-state index is 0.412. The molecular formula is C14H11N3. The molecule has 0 radical (unpaired) electrons. The Morgan fingerprint density at radius 3 is 2.53 bits per heavy atom. The summed E-state index contributed by atoms with van der Waals surface area (Å²) >= 11 is 0. The lowest BCUT2D eigenvalue weighted by molar-refractivity contribution is 0.799. The molecule has 3 nitrogen and oxygen atoms in total. The summed E-state index contributed by atoms with van der Waals surface area (Å²) in [5.41, 5.74) is 1.53. The summed E-state index contributed by atoms with van der Waals surface area (Å²) in [7, 11) is 0. The minimum Gasteiger partial charge on any atom is -0.240 e. The van der Waals surface area contributed by atoms with Crippen LogP contribution in [0.25, 0.3) is 11.3 Å². The van der Waals surface area contributed by atoms with Gasteiger partial charge in [-0.15, -0.1) is 0 Å². The van der Waals surface area contributed by atoms with E-state index in [2.05, 4.69) is 16.0 Å². The summed E-state index contributed by atoms with van der Waals surface area (Å²) in [6.45, 7) is 0. The molecule has 17 heavy (non-hydrogen) atoms. The lowest BCUT2D eigenvalue weighted by Crippen LogP contribution is -2.08. The minimum atomic E-state index is -0.412. The third-order valence-corrected chi connectivity index (χ3v) is 3.12. The summed E-state index contributed by atoms with van der Waals surface area (Å²) in [6.07, 6.45) is 3.49. The quantitative estimate of drug-likeness (QED) is 0.783. The summed E-state index contributed by atoms with van der Waals surface area (Å²) in [4.78, 5) is 8.75. The van der Waals surface area contributed by atoms with Gasteiger partial charge in [-0.1, -0.05) is 30.3 Å². The number of aromatic nitrogens is 2. The normalized spacial score (nSPS) is 16.2. The molecule has 0 bridgehead atoms. The van der Waals surface area contributed by atoms with Gasteiger partial charge in [0, 0.05) is 11.8 Å². The lowest BCUT2D eigenvalue weighted by Gasteiger charge is -2.06. The fourth-order valence-corrected chi connectivity index (χ4v) is 1.87. The van der Waals surface area contributed by atoms with Crippen molar-refractivity contribution in [2.75, 3.05) is 0 Å². The third kappa shape index (κ3) is 1.68. The molecule has 0 N–H and O–H groups in total. The van der Waals surface area contributed by atoms with Gasteiger partial charge in [0.1, 0.15) is 11.2 Å². The topological polar surface area (TPSA) is 49.6 Å². The van der Waals surface area contributed by atoms with Crippen molar-refractivity contribution in [2.45, 2.75) is 18.3 Å². The summed E-state index contributed by atoms with van der Waals surface area (Å²) in [5.74, 6) is 0.668. The van der Waals surface area contributed by atoms with Crippen LogP contribution >= 0.6 is 0 Å². The predicted molar refractivity (Wildman–Crippen MR) is 64.0 cm³/mol. The van der Waals surface area contributed by atoms with Crippen LogP contribution in [0.2, 0.25) is 0 Å². The van der Waals surface area contributed by atoms with E-state index in [4.69, 9.17) is 5.26 Å². The molecule has 1 aromatic heterocycles. The van der Waals surface area contributed by atoms with Gasteiger partial charge < -0.3 is 0 Å². The molecule has 1 saturated carbocycles. The smallest absolute Gasteiger partial charge is 0.149 e. The summed E-state index contributed by atoms with van der Waals surface area (Å²) in [5, 5.41) is 9.14. The Morgan fingerprint density at radius 1 is 1.12 bits per heavy atom. The zero-order valence-electron chi connectivity index (χ0n) is 9.30. The van der Waals surface area contributed by atoms with Crippen molar-refractivity contribution in [2.24, 2.45) is 0 Å². The molecule has 1 aliphatic carbocycles. The molecular weight excluding hydrogens is 210 g/mol. The lowest BCUT2D eigenvalue weighted by atomic mass is 10.1. The van der Waals surface area contributed by atoms with Crippen molar-refractivity contribution in [3.05, 3.63) is 48.4 Å². The monoisotopic (exact) mass is 221 g/mol. The van der Waals surface area contributed by atoms with Crippen molar-refractivity contribution in [1.29, 1.82) is 5.26 Å². The van der Waals surface area contributed by atoms with Crippen LogP contribution in [0.4, 0.5) is 0 Å². The van der Waals surface area contributed by atoms with E-state index in [1.54, 1.807) is 6.20 Å². The highest BCUT2D eigenvalue weighted by Gasteiger charge is 2.47. The first-order chi connectivity index (χ1) is 8.34. The average Bonchev–Trinajstić information content (AvgIpc) is 3.21. The SMILES string of the molecule is N#CC1(c2nccc(-c3ccccc3)n2)CC1. The Morgan fingerprint density at radius 2 is 1.88 bits per heavy atom. The molecule has 3 rings (SSSR count). The van der Waals surface area contributed by atoms with Gasteiger partial charge in [-0.05, 0) is 18.9 Å². The van der Waals surface area contributed by atoms with Crippen LogP contribution in [-0.4, -0.2) is 9.97 Å². The molecule has 1 aliphatic rings. The molecule has 1 aromatic carbocycles. The molecule has 0 aliphatic heterocycles. The maximum atomic E-state index is 9.14. The van der Waals surface area contributed by atoms with Crippen LogP contribution < -0.4 is 0 Å². The average molecular weight is 221 g/mol. The Labute approximate surface area is 99.8 Å². The highest BCUT2D eigenvalue weighted by molar-refractivity contribution is 5.58. The fraction of sp³-hybridized carbons (Fsp3) is 0.214. The molecule has 1 fully saturated rings. The van der Waals surface area contributed by atoms with E-state index in [1.165, 1.54) is 0 Å². The molecule has 1 heterocycles. The molecule has 0 unspecified atom stereocenters. The number of rotatable bonds is 2. The summed E-state index contributed by atoms with van der Waals surface area (Å²) < 4.78 is 0. The number of hydrogen-bond donors (Lipinski definition) is 0. The van der Waals surface area contributed by atoms with Gasteiger partial charge in [0.05, 0.1) is 11.8 Å². The zero-order valence-corrected chi connectivity index (χ0v) is 9.30. The summed E-state index contributed by atoms with van der Waals surface area (Å²) in [6, 6.07) is 14.2. The van der Waals surface area contributed by atoms with Crippen molar-refractivity contribution in [3.63, 3.8) is 0 Å². The molecule has 0 amide bonds. The van der Waals surface area contributed by atoms with E-state index in [0.29, 0.717) is 5.82 Å². The first kappa shape index (κ1) is 9.98. The Balaban J connectivity index is 2.04. The van der Waals surface area contributed by atoms with Crippen molar-refractivity contribution in [1.82, 2.24) is 9.97 Å². The van der Waals surface area contributed by atoms with Gasteiger partial charge in [-0.3, -0.25) is 0 Å². The molecule has 0 spiro atoms. The van der Waals surface area contributed by atoms with Gasteiger partial charge >= 0.3 is 0 Å². The van der Waals surface area contributed by atoms with Crippen LogP contribution in [0.5, 0.6) is 0 Å². The zero-order chi connectivity index (χ0) is 11.7. The van der Waals surface area contributed by atoms with Gasteiger partial charge in [0.15, 0.2) is 0 Å². The van der Waals surface area contributed by atoms with E-state index in [-0.39, 0.29) is 0 Å². The van der Waals surface area contributed by atoms with Crippen LogP contribution in [0, 0.1) is 11.3 Å². The second-order valence-corrected chi connectivity index (χ2v) is 4.33. The maximum absolute atomic E-state index is 9.14. The van der Waals surface area contributed by atoms with Crippen LogP contribution in [-0.2, 0) is 5.41 Å². The van der Waals surface area contributed by atoms with Crippen LogP contribution in [0.1, 0.15) is 18.7 Å². The standard InChI is InChI=1S/C14H11N3/c15-10-14(7-8-14)13-16-9-6-12(17-13)11-4-2-1-3-5-11/h1-6,9H,7-8H2. The second-order valence-electron chi connectivity index (χ2n) is 4.33. The predicted octanol–water partition coefficient (Wildman–Crippen LogP) is 2.70. The number of nitrogens with zero attached hydrogens (tertiary/aromatic N) is 3. The highest BCUT2D eigenvalue weighted by atomic mass is 14.9. The van der Waals surface area contributed by atoms with Gasteiger partial charge in [-0.2, -0.15) is 5.26 Å². The molecule has 0 saturated heterocycles. The third-order valence-electron chi connectivity index (χ3n) is 3.12. The number of hydrogen-bond acceptors (Lipinski definition) is 3. The first-order valence-electron chi connectivity index (χ1n) is 5.64. The van der Waals surface area contributed by atoms with Crippen LogP contribution in [0.15, 0.2) is 42.6 Å². The molecule has 3 heteroatoms. The molecule has 82 valence electrons. The number of nitriles is 1. The first-order valence-corrected chi connectivity index (χ1v) is 5.64. The van der Waals surface area contributed by atoms with E-state index >= 15 is 0 Å². The Bertz CT molecular complexity index is 580. The van der Waals surface area contributed by atoms with Crippen molar-refractivity contribution in [3.8, 4) is 17.3 Å². The van der Waals surface area contributed by atoms with Gasteiger partial charge in [-0.25, -0.2) is 9.97 Å². The van der Waals surface area contributed by atoms with E-state index in [9.17, 15) is 0 Å². The Kier molecular flexibility index (Phi) is 2.15. The molecule has 2 aromatic rings. The highest BCUT2D eigenvalue weighted by Crippen LogP contribution is 2.45.